The van der Waals surface area contributed by atoms with Crippen molar-refractivity contribution in [2.45, 2.75) is 13.8 Å². The maximum absolute atomic E-state index is 12.6. The number of nitrogens with zero attached hydrogens (tertiary/aromatic N) is 3. The molecule has 7 nitrogen and oxygen atoms in total. The lowest BCUT2D eigenvalue weighted by molar-refractivity contribution is 0.0525. The number of benzene rings is 1. The van der Waals surface area contributed by atoms with E-state index in [1.807, 2.05) is 0 Å². The quantitative estimate of drug-likeness (QED) is 0.747. The van der Waals surface area contributed by atoms with Gasteiger partial charge in [-0.1, -0.05) is 6.92 Å². The number of aromatic nitrogens is 1. The van der Waals surface area contributed by atoms with E-state index < -0.39 is 11.9 Å². The number of rotatable bonds is 5. The lowest BCUT2D eigenvalue weighted by atomic mass is 10.0. The summed E-state index contributed by atoms with van der Waals surface area (Å²) in [5.74, 6) is -0.816. The maximum atomic E-state index is 12.6. The number of carbonyl (C=O) groups is 2. The summed E-state index contributed by atoms with van der Waals surface area (Å²) in [4.78, 5) is 33.5. The standard InChI is InChI=1S/C20H25N3O4/c1-4-22-8-10-23(11-9-22)18-15-12-14(19(24)26-3)6-7-17(15)21-13-16(18)20(25)27-5-2/h6-7,12-13H,4-5,8-11H2,1-3H3. The molecule has 2 heterocycles. The highest BCUT2D eigenvalue weighted by molar-refractivity contribution is 6.07. The molecule has 7 heteroatoms. The van der Waals surface area contributed by atoms with Gasteiger partial charge < -0.3 is 19.3 Å². The Kier molecular flexibility index (Phi) is 5.91. The van der Waals surface area contributed by atoms with Crippen molar-refractivity contribution in [3.05, 3.63) is 35.5 Å². The Hall–Kier alpha value is -2.67. The number of hydrogen-bond acceptors (Lipinski definition) is 7. The molecule has 0 saturated carbocycles. The molecular formula is C20H25N3O4. The van der Waals surface area contributed by atoms with E-state index in [1.54, 1.807) is 31.3 Å². The first-order valence-electron chi connectivity index (χ1n) is 9.24. The van der Waals surface area contributed by atoms with E-state index in [1.165, 1.54) is 7.11 Å². The van der Waals surface area contributed by atoms with Crippen molar-refractivity contribution in [2.24, 2.45) is 0 Å². The zero-order valence-electron chi connectivity index (χ0n) is 16.0. The van der Waals surface area contributed by atoms with Gasteiger partial charge in [0.05, 0.1) is 30.5 Å². The van der Waals surface area contributed by atoms with Gasteiger partial charge in [-0.2, -0.15) is 0 Å². The molecule has 0 N–H and O–H groups in total. The van der Waals surface area contributed by atoms with E-state index in [2.05, 4.69) is 21.7 Å². The number of anilines is 1. The lowest BCUT2D eigenvalue weighted by Crippen LogP contribution is -2.46. The molecule has 1 fully saturated rings. The van der Waals surface area contributed by atoms with Crippen LogP contribution in [-0.2, 0) is 9.47 Å². The smallest absolute Gasteiger partial charge is 0.341 e. The van der Waals surface area contributed by atoms with E-state index in [9.17, 15) is 9.59 Å². The molecule has 1 aromatic carbocycles. The van der Waals surface area contributed by atoms with Crippen LogP contribution in [0.25, 0.3) is 10.9 Å². The molecular weight excluding hydrogens is 346 g/mol. The minimum Gasteiger partial charge on any atom is -0.465 e. The van der Waals surface area contributed by atoms with Crippen molar-refractivity contribution in [3.8, 4) is 0 Å². The van der Waals surface area contributed by atoms with Gasteiger partial charge >= 0.3 is 11.9 Å². The summed E-state index contributed by atoms with van der Waals surface area (Å²) in [6, 6.07) is 5.21. The highest BCUT2D eigenvalue weighted by Gasteiger charge is 2.25. The molecule has 0 atom stereocenters. The van der Waals surface area contributed by atoms with E-state index in [0.717, 1.165) is 49.3 Å². The van der Waals surface area contributed by atoms with Gasteiger partial charge in [0.25, 0.3) is 0 Å². The Morgan fingerprint density at radius 3 is 2.48 bits per heavy atom. The van der Waals surface area contributed by atoms with Crippen molar-refractivity contribution in [1.29, 1.82) is 0 Å². The fourth-order valence-corrected chi connectivity index (χ4v) is 3.41. The molecule has 0 spiro atoms. The Morgan fingerprint density at radius 2 is 1.85 bits per heavy atom. The first kappa shape index (κ1) is 19.1. The zero-order valence-corrected chi connectivity index (χ0v) is 16.0. The average molecular weight is 371 g/mol. The summed E-state index contributed by atoms with van der Waals surface area (Å²) in [5, 5.41) is 0.758. The van der Waals surface area contributed by atoms with Crippen LogP contribution < -0.4 is 4.90 Å². The highest BCUT2D eigenvalue weighted by Crippen LogP contribution is 2.32. The van der Waals surface area contributed by atoms with E-state index >= 15 is 0 Å². The number of pyridine rings is 1. The van der Waals surface area contributed by atoms with E-state index in [0.29, 0.717) is 17.7 Å². The molecule has 27 heavy (non-hydrogen) atoms. The topological polar surface area (TPSA) is 72.0 Å². The van der Waals surface area contributed by atoms with Crippen molar-refractivity contribution < 1.29 is 19.1 Å². The SMILES string of the molecule is CCOC(=O)c1cnc2ccc(C(=O)OC)cc2c1N1CCN(CC)CC1. The number of esters is 2. The summed E-state index contributed by atoms with van der Waals surface area (Å²) in [7, 11) is 1.35. The maximum Gasteiger partial charge on any atom is 0.341 e. The first-order chi connectivity index (χ1) is 13.1. The van der Waals surface area contributed by atoms with Gasteiger partial charge in [-0.3, -0.25) is 4.98 Å². The van der Waals surface area contributed by atoms with Crippen LogP contribution in [0, 0.1) is 0 Å². The summed E-state index contributed by atoms with van der Waals surface area (Å²) in [5.41, 5.74) is 2.36. The number of likely N-dealkylation sites (N-methyl/N-ethyl adjacent to an activating group) is 1. The van der Waals surface area contributed by atoms with Crippen LogP contribution in [0.2, 0.25) is 0 Å². The monoisotopic (exact) mass is 371 g/mol. The van der Waals surface area contributed by atoms with Gasteiger partial charge in [-0.25, -0.2) is 9.59 Å². The first-order valence-corrected chi connectivity index (χ1v) is 9.24. The van der Waals surface area contributed by atoms with Crippen LogP contribution in [0.3, 0.4) is 0 Å². The fraction of sp³-hybridized carbons (Fsp3) is 0.450. The Bertz CT molecular complexity index is 844. The van der Waals surface area contributed by atoms with Crippen molar-refractivity contribution in [3.63, 3.8) is 0 Å². The molecule has 0 bridgehead atoms. The molecule has 0 unspecified atom stereocenters. The van der Waals surface area contributed by atoms with Gasteiger partial charge in [0, 0.05) is 37.8 Å². The van der Waals surface area contributed by atoms with Gasteiger partial charge in [0.15, 0.2) is 0 Å². The molecule has 1 aliphatic rings. The molecule has 1 aromatic heterocycles. The fourth-order valence-electron chi connectivity index (χ4n) is 3.41. The van der Waals surface area contributed by atoms with Gasteiger partial charge in [0.2, 0.25) is 0 Å². The Morgan fingerprint density at radius 1 is 1.11 bits per heavy atom. The molecule has 0 radical (unpaired) electrons. The third kappa shape index (κ3) is 3.88. The van der Waals surface area contributed by atoms with Crippen molar-refractivity contribution >= 4 is 28.5 Å². The molecule has 0 amide bonds. The molecule has 2 aromatic rings. The second-order valence-electron chi connectivity index (χ2n) is 6.39. The molecule has 0 aliphatic carbocycles. The largest absolute Gasteiger partial charge is 0.465 e. The van der Waals surface area contributed by atoms with Gasteiger partial charge in [0.1, 0.15) is 5.56 Å². The molecule has 3 rings (SSSR count). The molecule has 144 valence electrons. The number of piperazine rings is 1. The number of carbonyl (C=O) groups excluding carboxylic acids is 2. The van der Waals surface area contributed by atoms with Gasteiger partial charge in [-0.05, 0) is 31.7 Å². The predicted molar refractivity (Wildman–Crippen MR) is 103 cm³/mol. The van der Waals surface area contributed by atoms with Crippen LogP contribution in [0.1, 0.15) is 34.6 Å². The minimum absolute atomic E-state index is 0.294. The zero-order chi connectivity index (χ0) is 19.4. The van der Waals surface area contributed by atoms with Crippen molar-refractivity contribution in [1.82, 2.24) is 9.88 Å². The summed E-state index contributed by atoms with van der Waals surface area (Å²) in [6.45, 7) is 8.64. The van der Waals surface area contributed by atoms with Crippen LogP contribution >= 0.6 is 0 Å². The Balaban J connectivity index is 2.13. The normalized spacial score (nSPS) is 15.0. The summed E-state index contributed by atoms with van der Waals surface area (Å²) < 4.78 is 10.1. The molecule has 1 aliphatic heterocycles. The number of hydrogen-bond donors (Lipinski definition) is 0. The number of fused-ring (bicyclic) bond motifs is 1. The van der Waals surface area contributed by atoms with E-state index in [-0.39, 0.29) is 0 Å². The van der Waals surface area contributed by atoms with Gasteiger partial charge in [-0.15, -0.1) is 0 Å². The summed E-state index contributed by atoms with van der Waals surface area (Å²) >= 11 is 0. The third-order valence-corrected chi connectivity index (χ3v) is 4.89. The number of ether oxygens (including phenoxy) is 2. The lowest BCUT2D eigenvalue weighted by Gasteiger charge is -2.36. The van der Waals surface area contributed by atoms with Crippen LogP contribution in [0.15, 0.2) is 24.4 Å². The third-order valence-electron chi connectivity index (χ3n) is 4.89. The second kappa shape index (κ2) is 8.35. The Labute approximate surface area is 158 Å². The highest BCUT2D eigenvalue weighted by atomic mass is 16.5. The average Bonchev–Trinajstić information content (AvgIpc) is 2.72. The predicted octanol–water partition coefficient (Wildman–Crippen LogP) is 2.34. The number of methoxy groups -OCH3 is 1. The van der Waals surface area contributed by atoms with Crippen LogP contribution in [0.5, 0.6) is 0 Å². The minimum atomic E-state index is -0.416. The summed E-state index contributed by atoms with van der Waals surface area (Å²) in [6.07, 6.45) is 1.57. The van der Waals surface area contributed by atoms with Crippen LogP contribution in [-0.4, -0.2) is 68.3 Å². The van der Waals surface area contributed by atoms with Crippen LogP contribution in [0.4, 0.5) is 5.69 Å². The van der Waals surface area contributed by atoms with Crippen molar-refractivity contribution in [2.75, 3.05) is 51.3 Å². The van der Waals surface area contributed by atoms with E-state index in [4.69, 9.17) is 9.47 Å². The molecule has 1 saturated heterocycles. The second-order valence-corrected chi connectivity index (χ2v) is 6.39.